The van der Waals surface area contributed by atoms with Gasteiger partial charge >= 0.3 is 0 Å². The minimum absolute atomic E-state index is 0.113. The topological polar surface area (TPSA) is 81.9 Å². The third kappa shape index (κ3) is 4.21. The van der Waals surface area contributed by atoms with Gasteiger partial charge in [-0.25, -0.2) is 9.07 Å². The summed E-state index contributed by atoms with van der Waals surface area (Å²) in [4.78, 5) is 12.3. The van der Waals surface area contributed by atoms with E-state index >= 15 is 0 Å². The molecule has 1 amide bonds. The maximum absolute atomic E-state index is 13.6. The Hall–Kier alpha value is -3.29. The largest absolute Gasteiger partial charge is 0.486 e. The number of ether oxygens (including phenoxy) is 1. The van der Waals surface area contributed by atoms with Crippen LogP contribution in [0.4, 0.5) is 4.39 Å². The minimum atomic E-state index is -0.349. The minimum Gasteiger partial charge on any atom is -0.486 e. The van der Waals surface area contributed by atoms with E-state index in [1.54, 1.807) is 47.1 Å². The van der Waals surface area contributed by atoms with Crippen LogP contribution in [0.15, 0.2) is 48.5 Å². The van der Waals surface area contributed by atoms with Crippen LogP contribution in [-0.2, 0) is 19.7 Å². The van der Waals surface area contributed by atoms with E-state index in [0.29, 0.717) is 29.2 Å². The zero-order valence-corrected chi connectivity index (χ0v) is 14.2. The molecule has 3 rings (SSSR count). The molecule has 0 spiro atoms. The Morgan fingerprint density at radius 3 is 2.88 bits per heavy atom. The summed E-state index contributed by atoms with van der Waals surface area (Å²) in [6.07, 6.45) is 0. The van der Waals surface area contributed by atoms with Crippen molar-refractivity contribution in [2.75, 3.05) is 0 Å². The van der Waals surface area contributed by atoms with Gasteiger partial charge in [0.2, 0.25) is 0 Å². The number of aryl methyl sites for hydroxylation is 1. The molecule has 0 unspecified atom stereocenters. The average Bonchev–Trinajstić information content (AvgIpc) is 3.13. The van der Waals surface area contributed by atoms with E-state index in [1.165, 1.54) is 6.07 Å². The maximum atomic E-state index is 13.6. The molecule has 3 aromatic rings. The van der Waals surface area contributed by atoms with Crippen molar-refractivity contribution >= 4 is 5.91 Å². The number of amides is 1. The monoisotopic (exact) mass is 355 g/mol. The van der Waals surface area contributed by atoms with Crippen molar-refractivity contribution in [3.8, 4) is 5.75 Å². The van der Waals surface area contributed by atoms with Gasteiger partial charge in [-0.05, 0) is 41.6 Å². The highest BCUT2D eigenvalue weighted by Crippen LogP contribution is 2.15. The molecule has 134 valence electrons. The Morgan fingerprint density at radius 2 is 2.08 bits per heavy atom. The molecule has 0 saturated heterocycles. The van der Waals surface area contributed by atoms with Crippen molar-refractivity contribution in [2.24, 2.45) is 0 Å². The lowest BCUT2D eigenvalue weighted by Crippen LogP contribution is -2.23. The predicted molar refractivity (Wildman–Crippen MR) is 91.8 cm³/mol. The third-order valence-corrected chi connectivity index (χ3v) is 3.77. The fourth-order valence-corrected chi connectivity index (χ4v) is 2.37. The number of benzene rings is 2. The van der Waals surface area contributed by atoms with E-state index in [0.717, 1.165) is 0 Å². The molecule has 0 radical (unpaired) electrons. The maximum Gasteiger partial charge on any atom is 0.251 e. The first-order valence-corrected chi connectivity index (χ1v) is 8.17. The Morgan fingerprint density at radius 1 is 1.23 bits per heavy atom. The number of nitrogens with one attached hydrogen (secondary N) is 1. The normalized spacial score (nSPS) is 10.5. The molecule has 1 heterocycles. The highest BCUT2D eigenvalue weighted by atomic mass is 19.1. The lowest BCUT2D eigenvalue weighted by atomic mass is 10.1. The molecule has 1 aromatic heterocycles. The summed E-state index contributed by atoms with van der Waals surface area (Å²) in [5.74, 6) is 0.465. The summed E-state index contributed by atoms with van der Waals surface area (Å²) in [5.41, 5.74) is 0.855. The fraction of sp³-hybridized carbons (Fsp3) is 0.222. The number of aromatic nitrogens is 4. The molecule has 7 nitrogen and oxygen atoms in total. The van der Waals surface area contributed by atoms with E-state index in [9.17, 15) is 9.18 Å². The van der Waals surface area contributed by atoms with Gasteiger partial charge < -0.3 is 10.1 Å². The second kappa shape index (κ2) is 8.19. The van der Waals surface area contributed by atoms with Crippen LogP contribution in [-0.4, -0.2) is 26.1 Å². The molecule has 26 heavy (non-hydrogen) atoms. The quantitative estimate of drug-likeness (QED) is 0.703. The molecular weight excluding hydrogens is 337 g/mol. The number of carbonyl (C=O) groups excluding carboxylic acids is 1. The Kier molecular flexibility index (Phi) is 5.52. The third-order valence-electron chi connectivity index (χ3n) is 3.77. The van der Waals surface area contributed by atoms with Gasteiger partial charge in [-0.3, -0.25) is 4.79 Å². The predicted octanol–water partition coefficient (Wildman–Crippen LogP) is 2.34. The number of tetrazole rings is 1. The Labute approximate surface area is 149 Å². The lowest BCUT2D eigenvalue weighted by Gasteiger charge is -2.09. The molecule has 0 aliphatic rings. The number of rotatable bonds is 7. The summed E-state index contributed by atoms with van der Waals surface area (Å²) in [5, 5.41) is 14.0. The van der Waals surface area contributed by atoms with E-state index in [2.05, 4.69) is 20.8 Å². The molecule has 0 saturated carbocycles. The van der Waals surface area contributed by atoms with Crippen molar-refractivity contribution in [1.82, 2.24) is 25.5 Å². The van der Waals surface area contributed by atoms with Crippen LogP contribution in [0.3, 0.4) is 0 Å². The van der Waals surface area contributed by atoms with Gasteiger partial charge in [0, 0.05) is 24.2 Å². The van der Waals surface area contributed by atoms with Gasteiger partial charge in [-0.2, -0.15) is 0 Å². The second-order valence-electron chi connectivity index (χ2n) is 5.50. The van der Waals surface area contributed by atoms with Crippen LogP contribution >= 0.6 is 0 Å². The van der Waals surface area contributed by atoms with Gasteiger partial charge in [0.15, 0.2) is 5.82 Å². The van der Waals surface area contributed by atoms with Crippen LogP contribution in [0, 0.1) is 5.82 Å². The van der Waals surface area contributed by atoms with Crippen LogP contribution in [0.25, 0.3) is 0 Å². The molecule has 0 bridgehead atoms. The first kappa shape index (κ1) is 17.5. The number of halogens is 1. The SMILES string of the molecule is CCn1nnnc1COc1cccc(C(=O)NCc2ccccc2F)c1. The van der Waals surface area contributed by atoms with Gasteiger partial charge in [0.05, 0.1) is 0 Å². The molecule has 8 heteroatoms. The van der Waals surface area contributed by atoms with Crippen molar-refractivity contribution in [2.45, 2.75) is 26.6 Å². The zero-order valence-electron chi connectivity index (χ0n) is 14.2. The highest BCUT2D eigenvalue weighted by Gasteiger charge is 2.10. The van der Waals surface area contributed by atoms with Crippen LogP contribution in [0.1, 0.15) is 28.7 Å². The summed E-state index contributed by atoms with van der Waals surface area (Å²) in [7, 11) is 0. The second-order valence-corrected chi connectivity index (χ2v) is 5.50. The van der Waals surface area contributed by atoms with Gasteiger partial charge in [-0.1, -0.05) is 24.3 Å². The molecule has 0 aliphatic heterocycles. The molecule has 0 fully saturated rings. The first-order valence-electron chi connectivity index (χ1n) is 8.17. The van der Waals surface area contributed by atoms with Crippen LogP contribution in [0.2, 0.25) is 0 Å². The van der Waals surface area contributed by atoms with Crippen molar-refractivity contribution < 1.29 is 13.9 Å². The number of hydrogen-bond acceptors (Lipinski definition) is 5. The Balaban J connectivity index is 1.61. The highest BCUT2D eigenvalue weighted by molar-refractivity contribution is 5.94. The summed E-state index contributed by atoms with van der Waals surface area (Å²) in [6, 6.07) is 13.1. The van der Waals surface area contributed by atoms with Crippen molar-refractivity contribution in [1.29, 1.82) is 0 Å². The molecule has 2 aromatic carbocycles. The Bertz CT molecular complexity index is 897. The molecular formula is C18H18FN5O2. The van der Waals surface area contributed by atoms with Crippen molar-refractivity contribution in [3.63, 3.8) is 0 Å². The summed E-state index contributed by atoms with van der Waals surface area (Å²) >= 11 is 0. The molecule has 0 aliphatic carbocycles. The van der Waals surface area contributed by atoms with E-state index in [1.807, 2.05) is 6.92 Å². The zero-order chi connectivity index (χ0) is 18.4. The first-order chi connectivity index (χ1) is 12.7. The summed E-state index contributed by atoms with van der Waals surface area (Å²) in [6.45, 7) is 2.88. The number of carbonyl (C=O) groups is 1. The standard InChI is InChI=1S/C18H18FN5O2/c1-2-24-17(21-22-23-24)12-26-15-8-5-7-13(10-15)18(25)20-11-14-6-3-4-9-16(14)19/h3-10H,2,11-12H2,1H3,(H,20,25). The van der Waals surface area contributed by atoms with Crippen LogP contribution < -0.4 is 10.1 Å². The van der Waals surface area contributed by atoms with Crippen molar-refractivity contribution in [3.05, 3.63) is 71.3 Å². The fourth-order valence-electron chi connectivity index (χ4n) is 2.37. The summed E-state index contributed by atoms with van der Waals surface area (Å²) < 4.78 is 20.9. The van der Waals surface area contributed by atoms with Gasteiger partial charge in [0.1, 0.15) is 18.2 Å². The average molecular weight is 355 g/mol. The number of nitrogens with zero attached hydrogens (tertiary/aromatic N) is 4. The smallest absolute Gasteiger partial charge is 0.251 e. The van der Waals surface area contributed by atoms with E-state index in [4.69, 9.17) is 4.74 Å². The van der Waals surface area contributed by atoms with Gasteiger partial charge in [-0.15, -0.1) is 5.10 Å². The lowest BCUT2D eigenvalue weighted by molar-refractivity contribution is 0.0950. The van der Waals surface area contributed by atoms with E-state index in [-0.39, 0.29) is 24.9 Å². The van der Waals surface area contributed by atoms with E-state index < -0.39 is 0 Å². The van der Waals surface area contributed by atoms with Crippen LogP contribution in [0.5, 0.6) is 5.75 Å². The number of hydrogen-bond donors (Lipinski definition) is 1. The molecule has 0 atom stereocenters. The molecule has 1 N–H and O–H groups in total. The van der Waals surface area contributed by atoms with Gasteiger partial charge in [0.25, 0.3) is 5.91 Å².